The zero-order chi connectivity index (χ0) is 68.0. The molecule has 22 heteroatoms. The van der Waals surface area contributed by atoms with Crippen molar-refractivity contribution in [1.29, 1.82) is 0 Å². The van der Waals surface area contributed by atoms with E-state index in [9.17, 15) is 21.6 Å². The molecule has 98 heavy (non-hydrogen) atoms. The lowest BCUT2D eigenvalue weighted by atomic mass is 9.77. The van der Waals surface area contributed by atoms with E-state index in [1.807, 2.05) is 206 Å². The van der Waals surface area contributed by atoms with Gasteiger partial charge in [0.25, 0.3) is 11.8 Å². The van der Waals surface area contributed by atoms with Crippen molar-refractivity contribution in [2.45, 2.75) is 59.9 Å². The van der Waals surface area contributed by atoms with Crippen LogP contribution in [-0.4, -0.2) is 103 Å². The highest BCUT2D eigenvalue weighted by Gasteiger charge is 2.56. The van der Waals surface area contributed by atoms with Crippen molar-refractivity contribution < 1.29 is 59.2 Å². The van der Waals surface area contributed by atoms with Crippen LogP contribution in [0.25, 0.3) is 0 Å². The molecule has 9 aromatic rings. The molecular weight excluding hydrogens is 1330 g/mol. The molecule has 2 atom stereocenters. The molecule has 1 unspecified atom stereocenters. The molecule has 0 saturated carbocycles. The SMILES string of the molecule is O=C(OC(c1ccccc1)c1ccccc1)C1=C(SCC2CCOCC2)CS[C@H]2C(NC(=O)/C(=N\OC(c3ccccc3)(c3ccccc3)c3ccccc3)c3csc(NC(c4ccccc4)(c4ccccc4)c4ccccc4)n3)C(=O)N12.O=S(=O)(OCC1CCOCC1)C(F)(F)F. The summed E-state index contributed by atoms with van der Waals surface area (Å²) in [5.41, 5.74) is -0.590. The normalized spacial score (nSPS) is 17.2. The topological polar surface area (TPSA) is 184 Å². The van der Waals surface area contributed by atoms with Crippen LogP contribution in [0.5, 0.6) is 0 Å². The lowest BCUT2D eigenvalue weighted by molar-refractivity contribution is -0.154. The lowest BCUT2D eigenvalue weighted by Crippen LogP contribution is -2.71. The number of aromatic nitrogens is 1. The van der Waals surface area contributed by atoms with E-state index < -0.39 is 68.7 Å². The van der Waals surface area contributed by atoms with E-state index in [0.29, 0.717) is 56.1 Å². The minimum Gasteiger partial charge on any atom is -0.448 e. The van der Waals surface area contributed by atoms with E-state index in [1.165, 1.54) is 28.0 Å². The van der Waals surface area contributed by atoms with Crippen LogP contribution in [0.4, 0.5) is 18.3 Å². The van der Waals surface area contributed by atoms with Crippen LogP contribution in [0.1, 0.15) is 82.0 Å². The summed E-state index contributed by atoms with van der Waals surface area (Å²) in [6.45, 7) is 1.81. The molecule has 5 heterocycles. The third-order valence-corrected chi connectivity index (χ3v) is 22.0. The molecule has 0 bridgehead atoms. The van der Waals surface area contributed by atoms with Crippen molar-refractivity contribution in [3.05, 3.63) is 309 Å². The van der Waals surface area contributed by atoms with Crippen molar-refractivity contribution in [2.24, 2.45) is 17.0 Å². The van der Waals surface area contributed by atoms with Gasteiger partial charge < -0.3 is 29.7 Å². The highest BCUT2D eigenvalue weighted by molar-refractivity contribution is 8.06. The van der Waals surface area contributed by atoms with Crippen LogP contribution >= 0.6 is 34.9 Å². The van der Waals surface area contributed by atoms with E-state index in [2.05, 4.69) is 51.2 Å². The maximum absolute atomic E-state index is 15.6. The molecular formula is C76H70F3N5O10S4. The van der Waals surface area contributed by atoms with Gasteiger partial charge in [-0.05, 0) is 65.3 Å². The number of oxime groups is 1. The van der Waals surface area contributed by atoms with Gasteiger partial charge in [0, 0.05) is 64.9 Å². The van der Waals surface area contributed by atoms with Gasteiger partial charge in [0.2, 0.25) is 5.60 Å². The summed E-state index contributed by atoms with van der Waals surface area (Å²) >= 11 is 4.42. The number of β-lactam (4-membered cyclic amide) rings is 1. The number of esters is 1. The van der Waals surface area contributed by atoms with Crippen molar-refractivity contribution in [2.75, 3.05) is 49.9 Å². The van der Waals surface area contributed by atoms with E-state index in [4.69, 9.17) is 29.2 Å². The van der Waals surface area contributed by atoms with Gasteiger partial charge in [-0.25, -0.2) is 9.78 Å². The summed E-state index contributed by atoms with van der Waals surface area (Å²) in [6.07, 6.45) is 2.12. The van der Waals surface area contributed by atoms with Gasteiger partial charge in [-0.3, -0.25) is 18.7 Å². The summed E-state index contributed by atoms with van der Waals surface area (Å²) in [7, 11) is -5.44. The quantitative estimate of drug-likeness (QED) is 0.0117. The number of hydrogen-bond acceptors (Lipinski definition) is 16. The van der Waals surface area contributed by atoms with Crippen LogP contribution < -0.4 is 10.6 Å². The monoisotopic (exact) mass is 1400 g/mol. The van der Waals surface area contributed by atoms with Gasteiger partial charge >= 0.3 is 21.6 Å². The third kappa shape index (κ3) is 15.5. The number of thioether (sulfide) groups is 2. The Kier molecular flexibility index (Phi) is 22.4. The highest BCUT2D eigenvalue weighted by Crippen LogP contribution is 2.47. The predicted octanol–water partition coefficient (Wildman–Crippen LogP) is 14.6. The molecule has 0 radical (unpaired) electrons. The van der Waals surface area contributed by atoms with Gasteiger partial charge in [-0.15, -0.1) is 34.9 Å². The summed E-state index contributed by atoms with van der Waals surface area (Å²) < 4.78 is 77.7. The Labute approximate surface area is 580 Å². The number of fused-ring (bicyclic) bond motifs is 1. The Hall–Kier alpha value is -8.87. The maximum Gasteiger partial charge on any atom is 0.523 e. The highest BCUT2D eigenvalue weighted by atomic mass is 32.2. The number of hydrogen-bond donors (Lipinski definition) is 2. The fourth-order valence-electron chi connectivity index (χ4n) is 12.3. The summed E-state index contributed by atoms with van der Waals surface area (Å²) in [6, 6.07) is 78.2. The molecule has 13 rings (SSSR count). The van der Waals surface area contributed by atoms with Crippen LogP contribution in [0.3, 0.4) is 0 Å². The van der Waals surface area contributed by atoms with E-state index >= 15 is 14.4 Å². The number of amides is 2. The van der Waals surface area contributed by atoms with Gasteiger partial charge in [-0.2, -0.15) is 21.6 Å². The van der Waals surface area contributed by atoms with Crippen molar-refractivity contribution >= 4 is 73.6 Å². The van der Waals surface area contributed by atoms with Crippen LogP contribution in [-0.2, 0) is 58.9 Å². The van der Waals surface area contributed by atoms with Crippen LogP contribution in [0.2, 0.25) is 0 Å². The van der Waals surface area contributed by atoms with Crippen LogP contribution in [0, 0.1) is 11.8 Å². The number of nitrogens with zero attached hydrogens (tertiary/aromatic N) is 3. The number of carbonyl (C=O) groups excluding carboxylic acids is 3. The Morgan fingerprint density at radius 2 is 1.05 bits per heavy atom. The average molecular weight is 1400 g/mol. The molecule has 4 aliphatic rings. The van der Waals surface area contributed by atoms with Gasteiger partial charge in [0.1, 0.15) is 28.3 Å². The fraction of sp³-hybridized carbons (Fsp3) is 0.250. The largest absolute Gasteiger partial charge is 0.523 e. The molecule has 2 N–H and O–H groups in total. The summed E-state index contributed by atoms with van der Waals surface area (Å²) in [5.74, 6) is -0.372. The Morgan fingerprint density at radius 3 is 1.50 bits per heavy atom. The smallest absolute Gasteiger partial charge is 0.448 e. The van der Waals surface area contributed by atoms with Gasteiger partial charge in [0.15, 0.2) is 16.9 Å². The number of thiazole rings is 1. The molecule has 15 nitrogen and oxygen atoms in total. The standard InChI is InChI=1S/C69H59N5O6S3.C7H11F3O4S/c75-63(71-60-64(76)74-61(58(47-82-65(60)74)81-45-48-41-43-78-44-42-48)66(77)79-62(49-25-9-1-10-26-49)50-27-11-2-12-28-50)59(73-80-69(54-35-19-6-20-36-54,55-37-21-7-22-38-55)56-39-23-8-24-40-56)57-46-83-67(70-57)72-68(51-29-13-3-14-30-51,52-31-15-4-16-32-52)53-33-17-5-18-34-53;8-7(9,10)15(11,12)14-5-6-1-3-13-4-2-6/h1-40,46,48,60,62,65H,41-45,47H2,(H,70,72)(H,71,75);6H,1-5H2/b73-59-;/t60?,65-;/m0./s1. The lowest BCUT2D eigenvalue weighted by Gasteiger charge is -2.49. The molecule has 0 spiro atoms. The second kappa shape index (κ2) is 31.8. The van der Waals surface area contributed by atoms with Gasteiger partial charge in [-0.1, -0.05) is 248 Å². The second-order valence-corrected chi connectivity index (χ2v) is 28.4. The van der Waals surface area contributed by atoms with Crippen LogP contribution in [0.15, 0.2) is 264 Å². The molecule has 8 aromatic carbocycles. The molecule has 4 aliphatic heterocycles. The first-order chi connectivity index (χ1) is 47.7. The zero-order valence-electron chi connectivity index (χ0n) is 53.0. The molecule has 2 amide bonds. The molecule has 1 aromatic heterocycles. The van der Waals surface area contributed by atoms with E-state index in [1.54, 1.807) is 17.1 Å². The average Bonchev–Trinajstić information content (AvgIpc) is 0.948. The third-order valence-electron chi connectivity index (χ3n) is 17.5. The first kappa shape index (κ1) is 69.0. The van der Waals surface area contributed by atoms with E-state index in [-0.39, 0.29) is 23.0 Å². The number of rotatable bonds is 23. The van der Waals surface area contributed by atoms with Gasteiger partial charge in [0.05, 0.1) is 6.61 Å². The van der Waals surface area contributed by atoms with Crippen molar-refractivity contribution in [1.82, 2.24) is 15.2 Å². The fourth-order valence-corrected chi connectivity index (χ4v) is 16.4. The number of carbonyl (C=O) groups is 3. The van der Waals surface area contributed by atoms with Crippen molar-refractivity contribution in [3.63, 3.8) is 0 Å². The van der Waals surface area contributed by atoms with E-state index in [0.717, 1.165) is 68.0 Å². The summed E-state index contributed by atoms with van der Waals surface area (Å²) in [4.78, 5) is 60.2. The number of nitrogens with one attached hydrogen (secondary N) is 2. The second-order valence-electron chi connectivity index (χ2n) is 23.7. The zero-order valence-corrected chi connectivity index (χ0v) is 56.3. The number of anilines is 1. The molecule has 3 fully saturated rings. The predicted molar refractivity (Wildman–Crippen MR) is 375 cm³/mol. The molecule has 3 saturated heterocycles. The molecule has 0 aliphatic carbocycles. The number of alkyl halides is 3. The minimum atomic E-state index is -5.44. The minimum absolute atomic E-state index is 0.158. The summed E-state index contributed by atoms with van der Waals surface area (Å²) in [5, 5.41) is 13.5. The number of ether oxygens (including phenoxy) is 3. The number of halogens is 3. The molecule has 504 valence electrons. The Morgan fingerprint density at radius 1 is 0.622 bits per heavy atom. The first-order valence-corrected chi connectivity index (χ1v) is 36.4. The maximum atomic E-state index is 15.6. The Bertz CT molecular complexity index is 4060. The Balaban J connectivity index is 0.000000541. The van der Waals surface area contributed by atoms with Crippen molar-refractivity contribution in [3.8, 4) is 0 Å². The first-order valence-electron chi connectivity index (χ1n) is 32.1. The number of benzene rings is 8.